The maximum atomic E-state index is 10.4. The largest absolute Gasteiger partial charge is 0.497 e. The first-order valence-corrected chi connectivity index (χ1v) is 8.75. The molecule has 24 heavy (non-hydrogen) atoms. The van der Waals surface area contributed by atoms with E-state index in [1.54, 1.807) is 14.2 Å². The number of rotatable bonds is 4. The van der Waals surface area contributed by atoms with Gasteiger partial charge in [-0.2, -0.15) is 0 Å². The minimum atomic E-state index is -0.584. The van der Waals surface area contributed by atoms with E-state index in [1.807, 2.05) is 19.1 Å². The number of nitrogens with zero attached hydrogens (tertiary/aromatic N) is 1. The highest BCUT2D eigenvalue weighted by Crippen LogP contribution is 2.39. The zero-order valence-electron chi connectivity index (χ0n) is 15.0. The Labute approximate surface area is 144 Å². The topological polar surface area (TPSA) is 51.2 Å². The lowest BCUT2D eigenvalue weighted by atomic mass is 9.78. The van der Waals surface area contributed by atoms with Crippen LogP contribution in [0.1, 0.15) is 38.2 Å². The van der Waals surface area contributed by atoms with Crippen LogP contribution < -0.4 is 9.47 Å². The van der Waals surface area contributed by atoms with Crippen LogP contribution in [0.2, 0.25) is 0 Å². The molecule has 2 fully saturated rings. The maximum absolute atomic E-state index is 10.4. The average molecular weight is 335 g/mol. The molecule has 1 aromatic rings. The van der Waals surface area contributed by atoms with Crippen molar-refractivity contribution in [3.63, 3.8) is 0 Å². The first-order valence-electron chi connectivity index (χ1n) is 8.75. The minimum absolute atomic E-state index is 0.137. The summed E-state index contributed by atoms with van der Waals surface area (Å²) in [6, 6.07) is 5.98. The van der Waals surface area contributed by atoms with Gasteiger partial charge in [-0.25, -0.2) is 0 Å². The van der Waals surface area contributed by atoms with E-state index in [0.717, 1.165) is 56.8 Å². The first kappa shape index (κ1) is 17.5. The molecule has 0 radical (unpaired) electrons. The molecule has 0 aromatic heterocycles. The van der Waals surface area contributed by atoms with Gasteiger partial charge in [0.05, 0.1) is 32.0 Å². The molecule has 5 nitrogen and oxygen atoms in total. The van der Waals surface area contributed by atoms with Crippen molar-refractivity contribution in [2.45, 2.75) is 50.4 Å². The van der Waals surface area contributed by atoms with Crippen molar-refractivity contribution < 1.29 is 19.3 Å². The Morgan fingerprint density at radius 3 is 2.54 bits per heavy atom. The van der Waals surface area contributed by atoms with Crippen LogP contribution in [-0.4, -0.2) is 55.1 Å². The van der Waals surface area contributed by atoms with Gasteiger partial charge in [-0.1, -0.05) is 6.07 Å². The zero-order valence-corrected chi connectivity index (χ0v) is 15.0. The molecule has 0 aliphatic carbocycles. The molecule has 2 saturated heterocycles. The number of benzene rings is 1. The van der Waals surface area contributed by atoms with Crippen LogP contribution in [0.3, 0.4) is 0 Å². The summed E-state index contributed by atoms with van der Waals surface area (Å²) in [7, 11) is 3.36. The van der Waals surface area contributed by atoms with Crippen LogP contribution in [0, 0.1) is 0 Å². The van der Waals surface area contributed by atoms with Gasteiger partial charge >= 0.3 is 0 Å². The molecule has 2 aliphatic heterocycles. The quantitative estimate of drug-likeness (QED) is 0.917. The number of piperidine rings is 1. The van der Waals surface area contributed by atoms with Gasteiger partial charge < -0.3 is 19.3 Å². The highest BCUT2D eigenvalue weighted by atomic mass is 16.5. The predicted molar refractivity (Wildman–Crippen MR) is 92.6 cm³/mol. The lowest BCUT2D eigenvalue weighted by Gasteiger charge is -2.48. The molecule has 1 unspecified atom stereocenters. The highest BCUT2D eigenvalue weighted by Gasteiger charge is 2.44. The summed E-state index contributed by atoms with van der Waals surface area (Å²) in [4.78, 5) is 2.43. The fourth-order valence-corrected chi connectivity index (χ4v) is 3.98. The summed E-state index contributed by atoms with van der Waals surface area (Å²) in [5, 5.41) is 10.4. The van der Waals surface area contributed by atoms with Gasteiger partial charge in [0.15, 0.2) is 0 Å². The third kappa shape index (κ3) is 3.85. The van der Waals surface area contributed by atoms with Crippen molar-refractivity contribution in [2.24, 2.45) is 0 Å². The maximum Gasteiger partial charge on any atom is 0.127 e. The summed E-state index contributed by atoms with van der Waals surface area (Å²) >= 11 is 0. The summed E-state index contributed by atoms with van der Waals surface area (Å²) in [5.74, 6) is 1.68. The summed E-state index contributed by atoms with van der Waals surface area (Å²) in [6.07, 6.45) is 3.43. The molecular formula is C19H29NO4. The zero-order chi connectivity index (χ0) is 17.2. The van der Waals surface area contributed by atoms with Gasteiger partial charge in [0.25, 0.3) is 0 Å². The average Bonchev–Trinajstić information content (AvgIpc) is 2.56. The third-order valence-electron chi connectivity index (χ3n) is 5.41. The Kier molecular flexibility index (Phi) is 5.04. The molecule has 1 atom stereocenters. The van der Waals surface area contributed by atoms with Gasteiger partial charge in [0.1, 0.15) is 11.5 Å². The van der Waals surface area contributed by atoms with Crippen molar-refractivity contribution in [2.75, 3.05) is 33.9 Å². The molecule has 0 bridgehead atoms. The summed E-state index contributed by atoms with van der Waals surface area (Å²) in [5.41, 5.74) is 0.452. The monoisotopic (exact) mass is 335 g/mol. The Hall–Kier alpha value is -1.30. The van der Waals surface area contributed by atoms with Gasteiger partial charge in [-0.15, -0.1) is 0 Å². The molecule has 1 N–H and O–H groups in total. The van der Waals surface area contributed by atoms with Crippen LogP contribution in [0.4, 0.5) is 0 Å². The predicted octanol–water partition coefficient (Wildman–Crippen LogP) is 2.60. The van der Waals surface area contributed by atoms with Crippen LogP contribution in [-0.2, 0) is 11.3 Å². The van der Waals surface area contributed by atoms with E-state index in [9.17, 15) is 5.11 Å². The fourth-order valence-electron chi connectivity index (χ4n) is 3.98. The van der Waals surface area contributed by atoms with Crippen LogP contribution in [0.5, 0.6) is 11.5 Å². The number of likely N-dealkylation sites (tertiary alicyclic amines) is 1. The van der Waals surface area contributed by atoms with Gasteiger partial charge in [0.2, 0.25) is 0 Å². The molecule has 0 saturated carbocycles. The number of hydrogen-bond acceptors (Lipinski definition) is 5. The molecule has 0 amide bonds. The third-order valence-corrected chi connectivity index (χ3v) is 5.41. The lowest BCUT2D eigenvalue weighted by Crippen LogP contribution is -2.53. The number of ether oxygens (including phenoxy) is 3. The second kappa shape index (κ2) is 6.90. The molecule has 134 valence electrons. The molecule has 1 spiro atoms. The van der Waals surface area contributed by atoms with Crippen molar-refractivity contribution >= 4 is 0 Å². The molecule has 3 rings (SSSR count). The van der Waals surface area contributed by atoms with Crippen molar-refractivity contribution in [3.8, 4) is 11.5 Å². The Morgan fingerprint density at radius 1 is 1.17 bits per heavy atom. The molecule has 2 aliphatic rings. The van der Waals surface area contributed by atoms with Gasteiger partial charge in [0, 0.05) is 37.7 Å². The summed E-state index contributed by atoms with van der Waals surface area (Å²) in [6.45, 7) is 5.42. The van der Waals surface area contributed by atoms with E-state index in [2.05, 4.69) is 11.0 Å². The second-order valence-electron chi connectivity index (χ2n) is 7.41. The number of hydrogen-bond donors (Lipinski definition) is 1. The van der Waals surface area contributed by atoms with E-state index in [0.29, 0.717) is 6.61 Å². The standard InChI is InChI=1S/C19H29NO4/c1-18(21)8-11-24-19(14-18)6-9-20(10-7-19)13-15-4-5-16(22-2)12-17(15)23-3/h4-5,12,21H,6-11,13-14H2,1-3H3. The highest BCUT2D eigenvalue weighted by molar-refractivity contribution is 5.40. The van der Waals surface area contributed by atoms with Gasteiger partial charge in [-0.3, -0.25) is 4.90 Å². The van der Waals surface area contributed by atoms with Crippen LogP contribution >= 0.6 is 0 Å². The second-order valence-corrected chi connectivity index (χ2v) is 7.41. The lowest BCUT2D eigenvalue weighted by molar-refractivity contribution is -0.173. The van der Waals surface area contributed by atoms with Crippen molar-refractivity contribution in [1.82, 2.24) is 4.90 Å². The Bertz CT molecular complexity index is 564. The molecular weight excluding hydrogens is 306 g/mol. The van der Waals surface area contributed by atoms with E-state index >= 15 is 0 Å². The van der Waals surface area contributed by atoms with E-state index < -0.39 is 5.60 Å². The SMILES string of the molecule is COc1ccc(CN2CCC3(CC2)CC(C)(O)CCO3)c(OC)c1. The van der Waals surface area contributed by atoms with Crippen LogP contribution in [0.25, 0.3) is 0 Å². The Balaban J connectivity index is 1.61. The minimum Gasteiger partial charge on any atom is -0.497 e. The van der Waals surface area contributed by atoms with E-state index in [-0.39, 0.29) is 5.60 Å². The van der Waals surface area contributed by atoms with Crippen molar-refractivity contribution in [1.29, 1.82) is 0 Å². The number of methoxy groups -OCH3 is 2. The number of aliphatic hydroxyl groups is 1. The van der Waals surface area contributed by atoms with E-state index in [4.69, 9.17) is 14.2 Å². The fraction of sp³-hybridized carbons (Fsp3) is 0.684. The molecule has 5 heteroatoms. The molecule has 1 aromatic carbocycles. The van der Waals surface area contributed by atoms with Gasteiger partial charge in [-0.05, 0) is 32.3 Å². The Morgan fingerprint density at radius 2 is 1.92 bits per heavy atom. The molecule has 2 heterocycles. The van der Waals surface area contributed by atoms with Crippen molar-refractivity contribution in [3.05, 3.63) is 23.8 Å². The van der Waals surface area contributed by atoms with E-state index in [1.165, 1.54) is 5.56 Å². The van der Waals surface area contributed by atoms with Crippen LogP contribution in [0.15, 0.2) is 18.2 Å². The summed E-state index contributed by atoms with van der Waals surface area (Å²) < 4.78 is 16.9. The smallest absolute Gasteiger partial charge is 0.127 e. The normalized spacial score (nSPS) is 27.2. The first-order chi connectivity index (χ1) is 11.5.